The molecule has 3 rings (SSSR count). The number of nitrogens with zero attached hydrogens (tertiary/aromatic N) is 1. The van der Waals surface area contributed by atoms with Gasteiger partial charge in [-0.2, -0.15) is 5.26 Å². The fourth-order valence-electron chi connectivity index (χ4n) is 3.74. The molecule has 0 aromatic heterocycles. The lowest BCUT2D eigenvalue weighted by Crippen LogP contribution is -2.56. The summed E-state index contributed by atoms with van der Waals surface area (Å²) >= 11 is 0. The lowest BCUT2D eigenvalue weighted by Gasteiger charge is -2.44. The summed E-state index contributed by atoms with van der Waals surface area (Å²) in [6.07, 6.45) is 8.29. The van der Waals surface area contributed by atoms with Crippen molar-refractivity contribution >= 4 is 0 Å². The minimum Gasteiger partial charge on any atom is -0.381 e. The van der Waals surface area contributed by atoms with Crippen molar-refractivity contribution in [2.24, 2.45) is 11.3 Å². The fraction of sp³-hybridized carbons (Fsp3) is 0.929. The molecule has 17 heavy (non-hydrogen) atoms. The highest BCUT2D eigenvalue weighted by molar-refractivity contribution is 5.21. The van der Waals surface area contributed by atoms with Gasteiger partial charge in [0.05, 0.1) is 6.07 Å². The average Bonchev–Trinajstić information content (AvgIpc) is 3.14. The maximum absolute atomic E-state index is 9.71. The van der Waals surface area contributed by atoms with E-state index >= 15 is 0 Å². The predicted molar refractivity (Wildman–Crippen MR) is 65.4 cm³/mol. The van der Waals surface area contributed by atoms with Crippen LogP contribution in [0.15, 0.2) is 0 Å². The van der Waals surface area contributed by atoms with E-state index in [1.807, 2.05) is 0 Å². The van der Waals surface area contributed by atoms with E-state index in [1.54, 1.807) is 0 Å². The van der Waals surface area contributed by atoms with E-state index < -0.39 is 0 Å². The van der Waals surface area contributed by atoms with Gasteiger partial charge in [0.25, 0.3) is 0 Å². The molecule has 0 aromatic rings. The Morgan fingerprint density at radius 2 is 1.94 bits per heavy atom. The third kappa shape index (κ3) is 1.88. The molecule has 1 aliphatic heterocycles. The van der Waals surface area contributed by atoms with Crippen LogP contribution in [0.4, 0.5) is 0 Å². The van der Waals surface area contributed by atoms with Gasteiger partial charge >= 0.3 is 0 Å². The predicted octanol–water partition coefficient (Wildman–Crippen LogP) is 2.23. The van der Waals surface area contributed by atoms with E-state index in [0.717, 1.165) is 44.9 Å². The molecule has 0 bridgehead atoms. The van der Waals surface area contributed by atoms with Crippen LogP contribution in [-0.4, -0.2) is 25.3 Å². The molecule has 0 aromatic carbocycles. The van der Waals surface area contributed by atoms with Gasteiger partial charge in [-0.1, -0.05) is 0 Å². The molecule has 3 nitrogen and oxygen atoms in total. The van der Waals surface area contributed by atoms with Crippen LogP contribution in [0.25, 0.3) is 0 Å². The minimum absolute atomic E-state index is 0.203. The van der Waals surface area contributed by atoms with E-state index in [1.165, 1.54) is 25.7 Å². The first-order chi connectivity index (χ1) is 8.30. The minimum atomic E-state index is -0.251. The Balaban J connectivity index is 1.77. The highest BCUT2D eigenvalue weighted by atomic mass is 16.5. The largest absolute Gasteiger partial charge is 0.381 e. The van der Waals surface area contributed by atoms with Crippen molar-refractivity contribution in [2.75, 3.05) is 19.8 Å². The van der Waals surface area contributed by atoms with Crippen molar-refractivity contribution < 1.29 is 4.74 Å². The topological polar surface area (TPSA) is 45.0 Å². The Morgan fingerprint density at radius 1 is 1.18 bits per heavy atom. The molecular formula is C14H22N2O. The zero-order valence-electron chi connectivity index (χ0n) is 10.5. The Bertz CT molecular complexity index is 326. The zero-order valence-corrected chi connectivity index (χ0v) is 10.5. The van der Waals surface area contributed by atoms with Crippen LogP contribution in [-0.2, 0) is 4.74 Å². The monoisotopic (exact) mass is 234 g/mol. The maximum Gasteiger partial charge on any atom is 0.112 e. The maximum atomic E-state index is 9.71. The van der Waals surface area contributed by atoms with E-state index in [0.29, 0.717) is 0 Å². The molecule has 1 unspecified atom stereocenters. The van der Waals surface area contributed by atoms with E-state index in [2.05, 4.69) is 11.4 Å². The molecule has 94 valence electrons. The number of rotatable bonds is 3. The third-order valence-corrected chi connectivity index (χ3v) is 5.14. The van der Waals surface area contributed by atoms with E-state index in [-0.39, 0.29) is 11.0 Å². The van der Waals surface area contributed by atoms with Gasteiger partial charge in [-0.25, -0.2) is 0 Å². The fourth-order valence-corrected chi connectivity index (χ4v) is 3.74. The van der Waals surface area contributed by atoms with Gasteiger partial charge in [0.15, 0.2) is 0 Å². The third-order valence-electron chi connectivity index (χ3n) is 5.14. The van der Waals surface area contributed by atoms with Crippen LogP contribution < -0.4 is 5.32 Å². The van der Waals surface area contributed by atoms with Crippen molar-refractivity contribution in [1.82, 2.24) is 5.32 Å². The number of hydrogen-bond acceptors (Lipinski definition) is 3. The smallest absolute Gasteiger partial charge is 0.112 e. The first-order valence-electron chi connectivity index (χ1n) is 7.04. The van der Waals surface area contributed by atoms with Gasteiger partial charge < -0.3 is 4.74 Å². The molecule has 2 saturated carbocycles. The number of nitrogens with one attached hydrogen (secondary N) is 1. The van der Waals surface area contributed by atoms with Crippen molar-refractivity contribution in [3.05, 3.63) is 0 Å². The molecular weight excluding hydrogens is 212 g/mol. The second kappa shape index (κ2) is 4.26. The van der Waals surface area contributed by atoms with Crippen LogP contribution in [0.5, 0.6) is 0 Å². The van der Waals surface area contributed by atoms with Crippen LogP contribution in [0, 0.1) is 22.7 Å². The first-order valence-corrected chi connectivity index (χ1v) is 7.04. The molecule has 1 atom stereocenters. The summed E-state index contributed by atoms with van der Waals surface area (Å²) < 4.78 is 5.49. The lowest BCUT2D eigenvalue weighted by atomic mass is 9.67. The summed E-state index contributed by atoms with van der Waals surface area (Å²) in [7, 11) is 0. The Hall–Kier alpha value is -0.590. The molecule has 0 amide bonds. The van der Waals surface area contributed by atoms with Crippen molar-refractivity contribution in [1.29, 1.82) is 5.26 Å². The molecule has 1 spiro atoms. The second-order valence-electron chi connectivity index (χ2n) is 6.09. The van der Waals surface area contributed by atoms with Gasteiger partial charge in [0.1, 0.15) is 5.54 Å². The quantitative estimate of drug-likeness (QED) is 0.814. The molecule has 3 fully saturated rings. The Labute approximate surface area is 104 Å². The Kier molecular flexibility index (Phi) is 2.88. The molecule has 0 radical (unpaired) electrons. The number of ether oxygens (including phenoxy) is 1. The average molecular weight is 234 g/mol. The van der Waals surface area contributed by atoms with Crippen LogP contribution >= 0.6 is 0 Å². The van der Waals surface area contributed by atoms with Crippen molar-refractivity contribution in [3.8, 4) is 6.07 Å². The normalized spacial score (nSPS) is 35.9. The van der Waals surface area contributed by atoms with Crippen molar-refractivity contribution in [2.45, 2.75) is 50.5 Å². The summed E-state index contributed by atoms with van der Waals surface area (Å²) in [5.41, 5.74) is -0.0474. The SMILES string of the molecule is N#CC1(NCC2CC2)CCCC12CCOCC2. The van der Waals surface area contributed by atoms with E-state index in [4.69, 9.17) is 4.74 Å². The van der Waals surface area contributed by atoms with Crippen molar-refractivity contribution in [3.63, 3.8) is 0 Å². The van der Waals surface area contributed by atoms with Crippen LogP contribution in [0.3, 0.4) is 0 Å². The van der Waals surface area contributed by atoms with Gasteiger partial charge in [0, 0.05) is 18.6 Å². The van der Waals surface area contributed by atoms with Gasteiger partial charge in [0.2, 0.25) is 0 Å². The molecule has 1 N–H and O–H groups in total. The molecule has 1 saturated heterocycles. The summed E-state index contributed by atoms with van der Waals surface area (Å²) in [5, 5.41) is 13.4. The van der Waals surface area contributed by atoms with Crippen LogP contribution in [0.1, 0.15) is 44.9 Å². The summed E-state index contributed by atoms with van der Waals surface area (Å²) in [4.78, 5) is 0. The molecule has 3 aliphatic rings. The highest BCUT2D eigenvalue weighted by Crippen LogP contribution is 2.52. The first kappa shape index (κ1) is 11.5. The number of hydrogen-bond donors (Lipinski definition) is 1. The lowest BCUT2D eigenvalue weighted by molar-refractivity contribution is -0.0119. The highest BCUT2D eigenvalue weighted by Gasteiger charge is 2.55. The molecule has 3 heteroatoms. The van der Waals surface area contributed by atoms with Gasteiger partial charge in [-0.05, 0) is 57.4 Å². The second-order valence-corrected chi connectivity index (χ2v) is 6.09. The summed E-state index contributed by atoms with van der Waals surface area (Å²) in [5.74, 6) is 0.845. The molecule has 2 aliphatic carbocycles. The zero-order chi connectivity index (χ0) is 11.8. The van der Waals surface area contributed by atoms with Gasteiger partial charge in [-0.3, -0.25) is 5.32 Å². The standard InChI is InChI=1S/C14H22N2O/c15-11-14(16-10-12-2-3-12)5-1-4-13(14)6-8-17-9-7-13/h12,16H,1-10H2. The summed E-state index contributed by atoms with van der Waals surface area (Å²) in [6, 6.07) is 2.65. The van der Waals surface area contributed by atoms with Crippen LogP contribution in [0.2, 0.25) is 0 Å². The van der Waals surface area contributed by atoms with E-state index in [9.17, 15) is 5.26 Å². The molecule has 1 heterocycles. The Morgan fingerprint density at radius 3 is 2.59 bits per heavy atom. The summed E-state index contributed by atoms with van der Waals surface area (Å²) in [6.45, 7) is 2.74. The van der Waals surface area contributed by atoms with Gasteiger partial charge in [-0.15, -0.1) is 0 Å². The number of nitriles is 1.